The molecule has 1 aliphatic rings. The zero-order valence-corrected chi connectivity index (χ0v) is 11.9. The first-order valence-corrected chi connectivity index (χ1v) is 7.13. The molecule has 1 aliphatic heterocycles. The summed E-state index contributed by atoms with van der Waals surface area (Å²) >= 11 is 6.21. The fraction of sp³-hybridized carbons (Fsp3) is 0.250. The molecule has 1 heterocycles. The van der Waals surface area contributed by atoms with E-state index in [1.165, 1.54) is 11.3 Å². The third-order valence-corrected chi connectivity index (χ3v) is 4.00. The van der Waals surface area contributed by atoms with Crippen LogP contribution in [-0.2, 0) is 13.1 Å². The monoisotopic (exact) mass is 288 g/mol. The van der Waals surface area contributed by atoms with Crippen LogP contribution in [0.25, 0.3) is 0 Å². The number of anilines is 1. The summed E-state index contributed by atoms with van der Waals surface area (Å²) in [5, 5.41) is 14.0. The Kier molecular flexibility index (Phi) is 3.81. The molecular formula is C16H17ClN2O. The molecule has 0 spiro atoms. The molecule has 4 heteroatoms. The predicted molar refractivity (Wildman–Crippen MR) is 82.3 cm³/mol. The fourth-order valence-electron chi connectivity index (χ4n) is 2.59. The standard InChI is InChI=1S/C16H17ClN2O/c17-14-5-3-7-16(20)13(14)11-19-9-8-18-10-12-4-1-2-6-15(12)19/h1-7,18,20H,8-11H2. The Morgan fingerprint density at radius 2 is 2.00 bits per heavy atom. The molecule has 2 aromatic carbocycles. The van der Waals surface area contributed by atoms with Gasteiger partial charge in [-0.15, -0.1) is 0 Å². The normalized spacial score (nSPS) is 14.8. The molecule has 20 heavy (non-hydrogen) atoms. The highest BCUT2D eigenvalue weighted by atomic mass is 35.5. The number of phenols is 1. The Labute approximate surface area is 123 Å². The molecule has 0 bridgehead atoms. The lowest BCUT2D eigenvalue weighted by Gasteiger charge is -2.25. The van der Waals surface area contributed by atoms with E-state index >= 15 is 0 Å². The van der Waals surface area contributed by atoms with Gasteiger partial charge >= 0.3 is 0 Å². The largest absolute Gasteiger partial charge is 0.508 e. The number of aromatic hydroxyl groups is 1. The van der Waals surface area contributed by atoms with Crippen molar-refractivity contribution < 1.29 is 5.11 Å². The first-order valence-electron chi connectivity index (χ1n) is 6.75. The lowest BCUT2D eigenvalue weighted by molar-refractivity contribution is 0.467. The summed E-state index contributed by atoms with van der Waals surface area (Å²) in [5.74, 6) is 0.257. The lowest BCUT2D eigenvalue weighted by atomic mass is 10.1. The number of nitrogens with zero attached hydrogens (tertiary/aromatic N) is 1. The Hall–Kier alpha value is -1.71. The van der Waals surface area contributed by atoms with Crippen LogP contribution >= 0.6 is 11.6 Å². The van der Waals surface area contributed by atoms with Crippen molar-refractivity contribution >= 4 is 17.3 Å². The van der Waals surface area contributed by atoms with Crippen LogP contribution in [0, 0.1) is 0 Å². The van der Waals surface area contributed by atoms with Crippen LogP contribution in [-0.4, -0.2) is 18.2 Å². The molecule has 3 rings (SSSR count). The Morgan fingerprint density at radius 1 is 1.15 bits per heavy atom. The third kappa shape index (κ3) is 2.60. The summed E-state index contributed by atoms with van der Waals surface area (Å²) in [6, 6.07) is 13.6. The molecule has 0 unspecified atom stereocenters. The van der Waals surface area contributed by atoms with Crippen molar-refractivity contribution in [2.24, 2.45) is 0 Å². The topological polar surface area (TPSA) is 35.5 Å². The van der Waals surface area contributed by atoms with Crippen molar-refractivity contribution in [3.63, 3.8) is 0 Å². The highest BCUT2D eigenvalue weighted by molar-refractivity contribution is 6.31. The van der Waals surface area contributed by atoms with Gasteiger partial charge < -0.3 is 15.3 Å². The van der Waals surface area contributed by atoms with E-state index < -0.39 is 0 Å². The van der Waals surface area contributed by atoms with Crippen LogP contribution in [0.3, 0.4) is 0 Å². The Morgan fingerprint density at radius 3 is 2.85 bits per heavy atom. The van der Waals surface area contributed by atoms with E-state index in [1.807, 2.05) is 12.1 Å². The molecule has 2 N–H and O–H groups in total. The van der Waals surface area contributed by atoms with Crippen LogP contribution in [0.2, 0.25) is 5.02 Å². The molecule has 0 amide bonds. The van der Waals surface area contributed by atoms with Gasteiger partial charge in [-0.3, -0.25) is 0 Å². The second kappa shape index (κ2) is 5.73. The van der Waals surface area contributed by atoms with E-state index in [1.54, 1.807) is 12.1 Å². The van der Waals surface area contributed by atoms with Gasteiger partial charge in [-0.2, -0.15) is 0 Å². The van der Waals surface area contributed by atoms with Gasteiger partial charge in [-0.05, 0) is 23.8 Å². The lowest BCUT2D eigenvalue weighted by Crippen LogP contribution is -2.28. The number of fused-ring (bicyclic) bond motifs is 1. The van der Waals surface area contributed by atoms with E-state index in [2.05, 4.69) is 28.4 Å². The first kappa shape index (κ1) is 13.3. The second-order valence-electron chi connectivity index (χ2n) is 4.96. The molecule has 0 aliphatic carbocycles. The van der Waals surface area contributed by atoms with E-state index in [0.717, 1.165) is 25.2 Å². The molecule has 0 saturated carbocycles. The third-order valence-electron chi connectivity index (χ3n) is 3.65. The molecule has 2 aromatic rings. The number of para-hydroxylation sites is 1. The van der Waals surface area contributed by atoms with Gasteiger partial charge in [-0.1, -0.05) is 35.9 Å². The number of benzene rings is 2. The molecule has 0 radical (unpaired) electrons. The first-order chi connectivity index (χ1) is 9.75. The van der Waals surface area contributed by atoms with Crippen LogP contribution in [0.1, 0.15) is 11.1 Å². The molecule has 3 nitrogen and oxygen atoms in total. The van der Waals surface area contributed by atoms with Crippen LogP contribution < -0.4 is 10.2 Å². The average molecular weight is 289 g/mol. The van der Waals surface area contributed by atoms with E-state index in [-0.39, 0.29) is 5.75 Å². The van der Waals surface area contributed by atoms with Crippen molar-refractivity contribution in [2.45, 2.75) is 13.1 Å². The van der Waals surface area contributed by atoms with Gasteiger partial charge in [0, 0.05) is 42.5 Å². The Balaban J connectivity index is 1.94. The molecule has 0 saturated heterocycles. The van der Waals surface area contributed by atoms with Crippen molar-refractivity contribution in [3.05, 3.63) is 58.6 Å². The number of hydrogen-bond acceptors (Lipinski definition) is 3. The SMILES string of the molecule is Oc1cccc(Cl)c1CN1CCNCc2ccccc21. The van der Waals surface area contributed by atoms with Crippen LogP contribution in [0.15, 0.2) is 42.5 Å². The van der Waals surface area contributed by atoms with Gasteiger partial charge in [-0.25, -0.2) is 0 Å². The van der Waals surface area contributed by atoms with Crippen molar-refractivity contribution in [2.75, 3.05) is 18.0 Å². The predicted octanol–water partition coefficient (Wildman–Crippen LogP) is 3.16. The zero-order chi connectivity index (χ0) is 13.9. The van der Waals surface area contributed by atoms with Crippen LogP contribution in [0.5, 0.6) is 5.75 Å². The highest BCUT2D eigenvalue weighted by Gasteiger charge is 2.17. The summed E-state index contributed by atoms with van der Waals surface area (Å²) in [7, 11) is 0. The molecule has 104 valence electrons. The van der Waals surface area contributed by atoms with Gasteiger partial charge in [0.15, 0.2) is 0 Å². The summed E-state index contributed by atoms with van der Waals surface area (Å²) in [4.78, 5) is 2.26. The van der Waals surface area contributed by atoms with Crippen molar-refractivity contribution in [1.29, 1.82) is 0 Å². The maximum absolute atomic E-state index is 10.0. The number of rotatable bonds is 2. The maximum atomic E-state index is 10.0. The van der Waals surface area contributed by atoms with Gasteiger partial charge in [0.1, 0.15) is 5.75 Å². The summed E-state index contributed by atoms with van der Waals surface area (Å²) < 4.78 is 0. The smallest absolute Gasteiger partial charge is 0.122 e. The maximum Gasteiger partial charge on any atom is 0.122 e. The number of halogens is 1. The summed E-state index contributed by atoms with van der Waals surface area (Å²) in [5.41, 5.74) is 3.26. The van der Waals surface area contributed by atoms with Gasteiger partial charge in [0.05, 0.1) is 0 Å². The summed E-state index contributed by atoms with van der Waals surface area (Å²) in [6.45, 7) is 3.30. The van der Waals surface area contributed by atoms with E-state index in [9.17, 15) is 5.11 Å². The van der Waals surface area contributed by atoms with E-state index in [4.69, 9.17) is 11.6 Å². The van der Waals surface area contributed by atoms with Crippen molar-refractivity contribution in [3.8, 4) is 5.75 Å². The number of hydrogen-bond donors (Lipinski definition) is 2. The Bertz CT molecular complexity index is 595. The molecule has 0 atom stereocenters. The zero-order valence-electron chi connectivity index (χ0n) is 11.1. The molecule has 0 fully saturated rings. The highest BCUT2D eigenvalue weighted by Crippen LogP contribution is 2.30. The van der Waals surface area contributed by atoms with Crippen molar-refractivity contribution in [1.82, 2.24) is 5.32 Å². The van der Waals surface area contributed by atoms with Gasteiger partial charge in [0.2, 0.25) is 0 Å². The van der Waals surface area contributed by atoms with Crippen LogP contribution in [0.4, 0.5) is 5.69 Å². The quantitative estimate of drug-likeness (QED) is 0.891. The summed E-state index contributed by atoms with van der Waals surface area (Å²) in [6.07, 6.45) is 0. The van der Waals surface area contributed by atoms with E-state index in [0.29, 0.717) is 11.6 Å². The number of nitrogens with one attached hydrogen (secondary N) is 1. The minimum Gasteiger partial charge on any atom is -0.508 e. The second-order valence-corrected chi connectivity index (χ2v) is 5.37. The minimum absolute atomic E-state index is 0.257. The molecular weight excluding hydrogens is 272 g/mol. The average Bonchev–Trinajstić information content (AvgIpc) is 2.66. The molecule has 0 aromatic heterocycles. The number of phenolic OH excluding ortho intramolecular Hbond substituents is 1. The minimum atomic E-state index is 0.257. The fourth-order valence-corrected chi connectivity index (χ4v) is 2.81. The van der Waals surface area contributed by atoms with Gasteiger partial charge in [0.25, 0.3) is 0 Å².